The summed E-state index contributed by atoms with van der Waals surface area (Å²) in [5.74, 6) is 0.0185. The summed E-state index contributed by atoms with van der Waals surface area (Å²) >= 11 is 0. The number of hydrogen-bond donors (Lipinski definition) is 0. The molecular weight excluding hydrogens is 124 g/mol. The van der Waals surface area contributed by atoms with Gasteiger partial charge < -0.3 is 0 Å². The minimum Gasteiger partial charge on any atom is -0.295 e. The highest BCUT2D eigenvalue weighted by molar-refractivity contribution is 5.86. The molecule has 0 heterocycles. The highest BCUT2D eigenvalue weighted by Gasteiger charge is 1.69. The Kier molecular flexibility index (Phi) is 38.5. The fourth-order valence-corrected chi connectivity index (χ4v) is 0. The summed E-state index contributed by atoms with van der Waals surface area (Å²) in [7, 11) is 0. The Hall–Kier alpha value is -0.590. The molecule has 0 radical (unpaired) electrons. The van der Waals surface area contributed by atoms with E-state index in [0.717, 1.165) is 0 Å². The number of hydrogen-bond acceptors (Lipinski definition) is 1. The number of rotatable bonds is 1. The van der Waals surface area contributed by atoms with Crippen LogP contribution in [0.25, 0.3) is 0 Å². The van der Waals surface area contributed by atoms with E-state index in [-0.39, 0.29) is 5.78 Å². The number of allylic oxidation sites excluding steroid dienone is 1. The number of carbonyl (C=O) groups excluding carboxylic acids is 1. The molecule has 0 fully saturated rings. The first-order valence-corrected chi connectivity index (χ1v) is 3.82. The van der Waals surface area contributed by atoms with Gasteiger partial charge in [0.15, 0.2) is 5.78 Å². The van der Waals surface area contributed by atoms with Gasteiger partial charge >= 0.3 is 0 Å². The zero-order valence-corrected chi connectivity index (χ0v) is 7.90. The van der Waals surface area contributed by atoms with Crippen molar-refractivity contribution in [2.75, 3.05) is 0 Å². The van der Waals surface area contributed by atoms with E-state index >= 15 is 0 Å². The molecule has 1 heteroatoms. The summed E-state index contributed by atoms with van der Waals surface area (Å²) in [6.45, 7) is 12.9. The lowest BCUT2D eigenvalue weighted by molar-refractivity contribution is -0.112. The number of ketones is 1. The molecule has 0 bridgehead atoms. The zero-order valence-electron chi connectivity index (χ0n) is 7.90. The van der Waals surface area contributed by atoms with Crippen LogP contribution in [0.2, 0.25) is 0 Å². The average molecular weight is 144 g/mol. The fraction of sp³-hybridized carbons (Fsp3) is 0.667. The highest BCUT2D eigenvalue weighted by Crippen LogP contribution is 1.60. The van der Waals surface area contributed by atoms with Crippen LogP contribution in [0.4, 0.5) is 0 Å². The van der Waals surface area contributed by atoms with Crippen molar-refractivity contribution in [2.45, 2.75) is 41.0 Å². The van der Waals surface area contributed by atoms with Gasteiger partial charge in [-0.15, -0.1) is 0 Å². The molecule has 0 saturated carbocycles. The Morgan fingerprint density at radius 1 is 1.40 bits per heavy atom. The van der Waals surface area contributed by atoms with Crippen LogP contribution < -0.4 is 0 Å². The van der Waals surface area contributed by atoms with Crippen LogP contribution in [-0.4, -0.2) is 5.78 Å². The topological polar surface area (TPSA) is 17.1 Å². The standard InChI is InChI=1S/C4H6O.C3H8.C2H6/c1-3-4(2)5;1-3-2;1-2/h3H,1H2,2H3;3H2,1-2H3;1-2H3. The quantitative estimate of drug-likeness (QED) is 0.516. The van der Waals surface area contributed by atoms with Gasteiger partial charge in [-0.3, -0.25) is 4.79 Å². The SMILES string of the molecule is C=CC(C)=O.CC.CCC. The van der Waals surface area contributed by atoms with E-state index in [1.54, 1.807) is 0 Å². The Labute approximate surface area is 65.1 Å². The predicted octanol–water partition coefficient (Wildman–Crippen LogP) is 3.20. The Morgan fingerprint density at radius 2 is 1.50 bits per heavy atom. The van der Waals surface area contributed by atoms with E-state index in [1.165, 1.54) is 19.4 Å². The van der Waals surface area contributed by atoms with Crippen molar-refractivity contribution in [3.63, 3.8) is 0 Å². The van der Waals surface area contributed by atoms with Crippen molar-refractivity contribution in [3.05, 3.63) is 12.7 Å². The molecule has 0 aliphatic carbocycles. The maximum absolute atomic E-state index is 9.69. The van der Waals surface area contributed by atoms with Gasteiger partial charge in [-0.25, -0.2) is 0 Å². The van der Waals surface area contributed by atoms with Gasteiger partial charge in [0, 0.05) is 0 Å². The van der Waals surface area contributed by atoms with E-state index < -0.39 is 0 Å². The van der Waals surface area contributed by atoms with Crippen molar-refractivity contribution in [2.24, 2.45) is 0 Å². The summed E-state index contributed by atoms with van der Waals surface area (Å²) in [4.78, 5) is 9.69. The van der Waals surface area contributed by atoms with Crippen LogP contribution >= 0.6 is 0 Å². The van der Waals surface area contributed by atoms with Gasteiger partial charge in [-0.05, 0) is 13.0 Å². The lowest BCUT2D eigenvalue weighted by Gasteiger charge is -1.62. The van der Waals surface area contributed by atoms with Gasteiger partial charge in [0.25, 0.3) is 0 Å². The lowest BCUT2D eigenvalue weighted by Crippen LogP contribution is -1.74. The van der Waals surface area contributed by atoms with Crippen molar-refractivity contribution in [1.82, 2.24) is 0 Å². The average Bonchev–Trinajstić information content (AvgIpc) is 1.94. The molecule has 1 nitrogen and oxygen atoms in total. The second-order valence-electron chi connectivity index (χ2n) is 1.52. The van der Waals surface area contributed by atoms with Crippen molar-refractivity contribution < 1.29 is 4.79 Å². The normalized spacial score (nSPS) is 5.70. The molecule has 0 aromatic carbocycles. The molecule has 62 valence electrons. The lowest BCUT2D eigenvalue weighted by atomic mass is 10.5. The first kappa shape index (κ1) is 16.2. The Balaban J connectivity index is -0.0000000847. The van der Waals surface area contributed by atoms with Crippen LogP contribution in [0.5, 0.6) is 0 Å². The maximum Gasteiger partial charge on any atom is 0.152 e. The number of carbonyl (C=O) groups is 1. The summed E-state index contributed by atoms with van der Waals surface area (Å²) in [5, 5.41) is 0. The van der Waals surface area contributed by atoms with E-state index in [4.69, 9.17) is 0 Å². The molecule has 0 aliphatic rings. The third-order valence-corrected chi connectivity index (χ3v) is 0.287. The third-order valence-electron chi connectivity index (χ3n) is 0.287. The summed E-state index contributed by atoms with van der Waals surface area (Å²) in [6, 6.07) is 0. The fourth-order valence-electron chi connectivity index (χ4n) is 0. The Morgan fingerprint density at radius 3 is 1.50 bits per heavy atom. The molecule has 10 heavy (non-hydrogen) atoms. The van der Waals surface area contributed by atoms with Crippen molar-refractivity contribution >= 4 is 5.78 Å². The smallest absolute Gasteiger partial charge is 0.152 e. The molecule has 0 aromatic rings. The zero-order chi connectivity index (χ0) is 8.99. The van der Waals surface area contributed by atoms with Gasteiger partial charge in [0.05, 0.1) is 0 Å². The molecule has 0 spiro atoms. The summed E-state index contributed by atoms with van der Waals surface area (Å²) in [5.41, 5.74) is 0. The molecule has 0 rings (SSSR count). The van der Waals surface area contributed by atoms with Gasteiger partial charge in [0.2, 0.25) is 0 Å². The van der Waals surface area contributed by atoms with Gasteiger partial charge in [-0.1, -0.05) is 40.7 Å². The first-order valence-electron chi connectivity index (χ1n) is 3.82. The van der Waals surface area contributed by atoms with E-state index in [9.17, 15) is 4.79 Å². The van der Waals surface area contributed by atoms with Crippen LogP contribution in [0.15, 0.2) is 12.7 Å². The Bertz CT molecular complexity index is 65.1. The van der Waals surface area contributed by atoms with E-state index in [0.29, 0.717) is 0 Å². The van der Waals surface area contributed by atoms with Crippen LogP contribution in [0.3, 0.4) is 0 Å². The first-order chi connectivity index (χ1) is 4.68. The molecule has 0 aliphatic heterocycles. The van der Waals surface area contributed by atoms with Crippen molar-refractivity contribution in [3.8, 4) is 0 Å². The van der Waals surface area contributed by atoms with Gasteiger partial charge in [-0.2, -0.15) is 0 Å². The second-order valence-corrected chi connectivity index (χ2v) is 1.52. The summed E-state index contributed by atoms with van der Waals surface area (Å²) in [6.07, 6.45) is 2.53. The van der Waals surface area contributed by atoms with E-state index in [2.05, 4.69) is 20.4 Å². The third kappa shape index (κ3) is 153. The van der Waals surface area contributed by atoms with Crippen LogP contribution in [0, 0.1) is 0 Å². The highest BCUT2D eigenvalue weighted by atomic mass is 16.1. The van der Waals surface area contributed by atoms with Gasteiger partial charge in [0.1, 0.15) is 0 Å². The monoisotopic (exact) mass is 144 g/mol. The maximum atomic E-state index is 9.69. The molecule has 0 aromatic heterocycles. The molecule has 0 saturated heterocycles. The molecule has 0 amide bonds. The van der Waals surface area contributed by atoms with Crippen LogP contribution in [0.1, 0.15) is 41.0 Å². The molecule has 0 atom stereocenters. The molecular formula is C9H20O. The predicted molar refractivity (Wildman–Crippen MR) is 48.2 cm³/mol. The molecule has 0 N–H and O–H groups in total. The van der Waals surface area contributed by atoms with Crippen LogP contribution in [-0.2, 0) is 4.79 Å². The van der Waals surface area contributed by atoms with E-state index in [1.807, 2.05) is 13.8 Å². The summed E-state index contributed by atoms with van der Waals surface area (Å²) < 4.78 is 0. The second kappa shape index (κ2) is 23.7. The minimum atomic E-state index is 0.0185. The van der Waals surface area contributed by atoms with Crippen molar-refractivity contribution in [1.29, 1.82) is 0 Å². The molecule has 0 unspecified atom stereocenters. The minimum absolute atomic E-state index is 0.0185. The largest absolute Gasteiger partial charge is 0.295 e.